The standard InChI is InChI=1S/C11H18N6O3/c1-15-10(19)9(14-16(2)11(15)20)13-7-8(18)17-5-3-12-4-6-17/h12H,3-7H2,1-2H3,(H,13,14). The highest BCUT2D eigenvalue weighted by Crippen LogP contribution is 1.95. The van der Waals surface area contributed by atoms with Gasteiger partial charge in [-0.2, -0.15) is 0 Å². The molecule has 9 heteroatoms. The monoisotopic (exact) mass is 282 g/mol. The zero-order chi connectivity index (χ0) is 14.7. The Balaban J connectivity index is 2.06. The van der Waals surface area contributed by atoms with Gasteiger partial charge in [-0.05, 0) is 0 Å². The van der Waals surface area contributed by atoms with Crippen molar-refractivity contribution in [3.63, 3.8) is 0 Å². The normalized spacial score (nSPS) is 15.2. The molecular weight excluding hydrogens is 264 g/mol. The molecule has 2 N–H and O–H groups in total. The van der Waals surface area contributed by atoms with Crippen molar-refractivity contribution in [3.05, 3.63) is 20.8 Å². The molecule has 1 aromatic heterocycles. The summed E-state index contributed by atoms with van der Waals surface area (Å²) in [5.74, 6) is -0.0951. The molecule has 1 aliphatic rings. The number of carbonyl (C=O) groups excluding carboxylic acids is 1. The van der Waals surface area contributed by atoms with Crippen LogP contribution in [0.5, 0.6) is 0 Å². The van der Waals surface area contributed by atoms with E-state index < -0.39 is 11.2 Å². The van der Waals surface area contributed by atoms with E-state index in [1.807, 2.05) is 0 Å². The lowest BCUT2D eigenvalue weighted by molar-refractivity contribution is -0.129. The summed E-state index contributed by atoms with van der Waals surface area (Å²) in [5, 5.41) is 9.69. The van der Waals surface area contributed by atoms with Crippen molar-refractivity contribution in [2.45, 2.75) is 0 Å². The lowest BCUT2D eigenvalue weighted by Gasteiger charge is -2.27. The van der Waals surface area contributed by atoms with Crippen molar-refractivity contribution in [2.24, 2.45) is 14.1 Å². The van der Waals surface area contributed by atoms with Crippen molar-refractivity contribution in [1.29, 1.82) is 0 Å². The predicted molar refractivity (Wildman–Crippen MR) is 72.7 cm³/mol. The maximum absolute atomic E-state index is 12.0. The fourth-order valence-electron chi connectivity index (χ4n) is 1.99. The van der Waals surface area contributed by atoms with Crippen LogP contribution in [0.2, 0.25) is 0 Å². The van der Waals surface area contributed by atoms with Crippen LogP contribution in [0.1, 0.15) is 0 Å². The highest BCUT2D eigenvalue weighted by Gasteiger charge is 2.17. The van der Waals surface area contributed by atoms with Gasteiger partial charge in [0.25, 0.3) is 5.56 Å². The quantitative estimate of drug-likeness (QED) is 0.627. The van der Waals surface area contributed by atoms with Crippen molar-refractivity contribution < 1.29 is 4.79 Å². The van der Waals surface area contributed by atoms with Crippen molar-refractivity contribution in [1.82, 2.24) is 24.6 Å². The summed E-state index contributed by atoms with van der Waals surface area (Å²) in [7, 11) is 2.82. The second-order valence-corrected chi connectivity index (χ2v) is 4.60. The minimum absolute atomic E-state index is 0.00177. The molecule has 0 spiro atoms. The molecule has 2 rings (SSSR count). The number of hydrogen-bond acceptors (Lipinski definition) is 6. The highest BCUT2D eigenvalue weighted by molar-refractivity contribution is 5.80. The summed E-state index contributed by atoms with van der Waals surface area (Å²) in [4.78, 5) is 37.0. The first-order valence-electron chi connectivity index (χ1n) is 6.37. The minimum Gasteiger partial charge on any atom is -0.355 e. The number of aryl methyl sites for hydroxylation is 1. The highest BCUT2D eigenvalue weighted by atomic mass is 16.2. The molecule has 0 aliphatic carbocycles. The van der Waals surface area contributed by atoms with E-state index >= 15 is 0 Å². The Morgan fingerprint density at radius 3 is 2.60 bits per heavy atom. The van der Waals surface area contributed by atoms with Gasteiger partial charge in [0.15, 0.2) is 0 Å². The van der Waals surface area contributed by atoms with Gasteiger partial charge in [0.2, 0.25) is 11.7 Å². The molecule has 0 aromatic carbocycles. The number of amides is 1. The first kappa shape index (κ1) is 14.3. The van der Waals surface area contributed by atoms with Crippen LogP contribution >= 0.6 is 0 Å². The van der Waals surface area contributed by atoms with Crippen LogP contribution in [0.25, 0.3) is 0 Å². The number of anilines is 1. The van der Waals surface area contributed by atoms with E-state index in [4.69, 9.17) is 0 Å². The minimum atomic E-state index is -0.541. The van der Waals surface area contributed by atoms with Gasteiger partial charge in [-0.3, -0.25) is 14.2 Å². The molecule has 1 fully saturated rings. The van der Waals surface area contributed by atoms with Crippen LogP contribution in [0.15, 0.2) is 9.59 Å². The van der Waals surface area contributed by atoms with Gasteiger partial charge in [0, 0.05) is 40.3 Å². The van der Waals surface area contributed by atoms with Crippen molar-refractivity contribution in [2.75, 3.05) is 38.0 Å². The van der Waals surface area contributed by atoms with Crippen LogP contribution in [-0.2, 0) is 18.9 Å². The summed E-state index contributed by atoms with van der Waals surface area (Å²) in [6, 6.07) is 0. The van der Waals surface area contributed by atoms with Crippen molar-refractivity contribution >= 4 is 11.7 Å². The molecule has 110 valence electrons. The number of rotatable bonds is 3. The molecule has 0 saturated carbocycles. The third-order valence-electron chi connectivity index (χ3n) is 3.20. The number of piperazine rings is 1. The molecule has 0 radical (unpaired) electrons. The largest absolute Gasteiger partial charge is 0.355 e. The van der Waals surface area contributed by atoms with E-state index in [1.54, 1.807) is 4.90 Å². The molecule has 0 unspecified atom stereocenters. The number of carbonyl (C=O) groups is 1. The Kier molecular flexibility index (Phi) is 4.18. The fourth-order valence-corrected chi connectivity index (χ4v) is 1.99. The third kappa shape index (κ3) is 2.87. The molecule has 1 amide bonds. The van der Waals surface area contributed by atoms with E-state index in [0.29, 0.717) is 13.1 Å². The lowest BCUT2D eigenvalue weighted by Crippen LogP contribution is -2.48. The number of nitrogens with one attached hydrogen (secondary N) is 2. The molecule has 0 bridgehead atoms. The first-order chi connectivity index (χ1) is 9.50. The maximum Gasteiger partial charge on any atom is 0.346 e. The van der Waals surface area contributed by atoms with Gasteiger partial charge in [-0.25, -0.2) is 9.48 Å². The fraction of sp³-hybridized carbons (Fsp3) is 0.636. The molecule has 1 aromatic rings. The Morgan fingerprint density at radius 1 is 1.30 bits per heavy atom. The Morgan fingerprint density at radius 2 is 1.95 bits per heavy atom. The zero-order valence-electron chi connectivity index (χ0n) is 11.5. The van der Waals surface area contributed by atoms with Gasteiger partial charge in [-0.1, -0.05) is 0 Å². The van der Waals surface area contributed by atoms with Gasteiger partial charge in [-0.15, -0.1) is 5.10 Å². The van der Waals surface area contributed by atoms with Gasteiger partial charge in [0.05, 0.1) is 6.54 Å². The average molecular weight is 282 g/mol. The van der Waals surface area contributed by atoms with E-state index in [2.05, 4.69) is 15.7 Å². The first-order valence-corrected chi connectivity index (χ1v) is 6.37. The number of nitrogens with zero attached hydrogens (tertiary/aromatic N) is 4. The third-order valence-corrected chi connectivity index (χ3v) is 3.20. The molecule has 9 nitrogen and oxygen atoms in total. The van der Waals surface area contributed by atoms with E-state index in [-0.39, 0.29) is 18.3 Å². The predicted octanol–water partition coefficient (Wildman–Crippen LogP) is -2.68. The molecule has 1 aliphatic heterocycles. The molecule has 0 atom stereocenters. The smallest absolute Gasteiger partial charge is 0.346 e. The summed E-state index contributed by atoms with van der Waals surface area (Å²) in [6.07, 6.45) is 0. The van der Waals surface area contributed by atoms with Crippen LogP contribution in [-0.4, -0.2) is 57.9 Å². The zero-order valence-corrected chi connectivity index (χ0v) is 11.5. The topological polar surface area (TPSA) is 101 Å². The summed E-state index contributed by atoms with van der Waals surface area (Å²) in [6.45, 7) is 2.83. The van der Waals surface area contributed by atoms with E-state index in [9.17, 15) is 14.4 Å². The number of hydrogen-bond donors (Lipinski definition) is 2. The second kappa shape index (κ2) is 5.87. The van der Waals surface area contributed by atoms with Crippen LogP contribution in [0.4, 0.5) is 5.82 Å². The maximum atomic E-state index is 12.0. The summed E-state index contributed by atoms with van der Waals surface area (Å²) < 4.78 is 2.00. The summed E-state index contributed by atoms with van der Waals surface area (Å²) in [5.41, 5.74) is -1.05. The number of aromatic nitrogens is 3. The Labute approximate surface area is 115 Å². The van der Waals surface area contributed by atoms with Gasteiger partial charge < -0.3 is 15.5 Å². The van der Waals surface area contributed by atoms with Crippen molar-refractivity contribution in [3.8, 4) is 0 Å². The Hall–Kier alpha value is -2.16. The van der Waals surface area contributed by atoms with Crippen LogP contribution in [0.3, 0.4) is 0 Å². The lowest BCUT2D eigenvalue weighted by atomic mass is 10.3. The van der Waals surface area contributed by atoms with E-state index in [0.717, 1.165) is 22.3 Å². The second-order valence-electron chi connectivity index (χ2n) is 4.60. The van der Waals surface area contributed by atoms with Gasteiger partial charge >= 0.3 is 5.69 Å². The van der Waals surface area contributed by atoms with Crippen LogP contribution < -0.4 is 21.9 Å². The molecule has 20 heavy (non-hydrogen) atoms. The summed E-state index contributed by atoms with van der Waals surface area (Å²) >= 11 is 0. The molecular formula is C11H18N6O3. The van der Waals surface area contributed by atoms with E-state index in [1.165, 1.54) is 14.1 Å². The molecule has 2 heterocycles. The molecule has 1 saturated heterocycles. The average Bonchev–Trinajstić information content (AvgIpc) is 2.48. The van der Waals surface area contributed by atoms with Crippen LogP contribution in [0, 0.1) is 0 Å². The Bertz CT molecular complexity index is 614. The van der Waals surface area contributed by atoms with Gasteiger partial charge in [0.1, 0.15) is 0 Å². The SMILES string of the molecule is Cn1nc(NCC(=O)N2CCNCC2)c(=O)n(C)c1=O.